The van der Waals surface area contributed by atoms with E-state index in [9.17, 15) is 9.59 Å². The van der Waals surface area contributed by atoms with Crippen LogP contribution in [0.4, 0.5) is 0 Å². The number of amides is 2. The molecular formula is C14H17N3O2. The van der Waals surface area contributed by atoms with Gasteiger partial charge in [0.25, 0.3) is 5.91 Å². The lowest BCUT2D eigenvalue weighted by Gasteiger charge is -2.17. The van der Waals surface area contributed by atoms with Crippen LogP contribution in [0.1, 0.15) is 29.8 Å². The molecule has 100 valence electrons. The molecule has 1 N–H and O–H groups in total. The summed E-state index contributed by atoms with van der Waals surface area (Å²) in [5.74, 6) is -0.442. The van der Waals surface area contributed by atoms with Crippen molar-refractivity contribution >= 4 is 11.8 Å². The van der Waals surface area contributed by atoms with Gasteiger partial charge in [-0.1, -0.05) is 0 Å². The number of hydrogen-bond donors (Lipinski definition) is 1. The van der Waals surface area contributed by atoms with Gasteiger partial charge in [-0.05, 0) is 38.1 Å². The van der Waals surface area contributed by atoms with Crippen molar-refractivity contribution in [3.8, 4) is 6.07 Å². The summed E-state index contributed by atoms with van der Waals surface area (Å²) in [5, 5.41) is 11.4. The van der Waals surface area contributed by atoms with Crippen molar-refractivity contribution < 1.29 is 9.59 Å². The maximum absolute atomic E-state index is 12.0. The molecule has 2 amide bonds. The van der Waals surface area contributed by atoms with E-state index in [0.29, 0.717) is 11.1 Å². The molecule has 0 saturated heterocycles. The Kier molecular flexibility index (Phi) is 5.07. The van der Waals surface area contributed by atoms with E-state index in [1.807, 2.05) is 19.9 Å². The number of nitrogens with one attached hydrogen (secondary N) is 1. The predicted molar refractivity (Wildman–Crippen MR) is 71.4 cm³/mol. The van der Waals surface area contributed by atoms with Crippen LogP contribution in [0, 0.1) is 11.3 Å². The van der Waals surface area contributed by atoms with Crippen molar-refractivity contribution in [2.75, 3.05) is 13.6 Å². The molecule has 0 aromatic heterocycles. The van der Waals surface area contributed by atoms with E-state index in [-0.39, 0.29) is 24.4 Å². The molecule has 1 rings (SSSR count). The summed E-state index contributed by atoms with van der Waals surface area (Å²) in [7, 11) is 1.57. The first-order chi connectivity index (χ1) is 8.93. The number of rotatable bonds is 4. The largest absolute Gasteiger partial charge is 0.352 e. The molecule has 0 unspecified atom stereocenters. The Morgan fingerprint density at radius 2 is 1.89 bits per heavy atom. The average Bonchev–Trinajstić information content (AvgIpc) is 2.36. The summed E-state index contributed by atoms with van der Waals surface area (Å²) >= 11 is 0. The van der Waals surface area contributed by atoms with E-state index in [2.05, 4.69) is 5.32 Å². The van der Waals surface area contributed by atoms with E-state index in [0.717, 1.165) is 0 Å². The van der Waals surface area contributed by atoms with Crippen LogP contribution >= 0.6 is 0 Å². The number of carbonyl (C=O) groups excluding carboxylic acids is 2. The van der Waals surface area contributed by atoms with Gasteiger partial charge >= 0.3 is 0 Å². The standard InChI is InChI=1S/C14H17N3O2/c1-10(2)16-13(18)9-17(3)14(19)12-6-4-11(8-15)5-7-12/h4-7,10H,9H2,1-3H3,(H,16,18). The number of carbonyl (C=O) groups is 2. The van der Waals surface area contributed by atoms with E-state index in [1.165, 1.54) is 4.90 Å². The Morgan fingerprint density at radius 3 is 2.37 bits per heavy atom. The van der Waals surface area contributed by atoms with Crippen LogP contribution in [0.2, 0.25) is 0 Å². The zero-order chi connectivity index (χ0) is 14.4. The minimum Gasteiger partial charge on any atom is -0.352 e. The second kappa shape index (κ2) is 6.55. The lowest BCUT2D eigenvalue weighted by atomic mass is 10.1. The van der Waals surface area contributed by atoms with Gasteiger partial charge < -0.3 is 10.2 Å². The fourth-order valence-electron chi connectivity index (χ4n) is 1.56. The summed E-state index contributed by atoms with van der Waals surface area (Å²) < 4.78 is 0. The van der Waals surface area contributed by atoms with Crippen molar-refractivity contribution in [2.24, 2.45) is 0 Å². The summed E-state index contributed by atoms with van der Waals surface area (Å²) in [6.07, 6.45) is 0. The molecule has 19 heavy (non-hydrogen) atoms. The highest BCUT2D eigenvalue weighted by molar-refractivity contribution is 5.96. The van der Waals surface area contributed by atoms with Crippen LogP contribution in [-0.4, -0.2) is 36.3 Å². The van der Waals surface area contributed by atoms with Gasteiger partial charge in [0.2, 0.25) is 5.91 Å². The molecule has 0 heterocycles. The third-order valence-corrected chi connectivity index (χ3v) is 2.44. The maximum atomic E-state index is 12.0. The van der Waals surface area contributed by atoms with Gasteiger partial charge in [0.1, 0.15) is 0 Å². The van der Waals surface area contributed by atoms with Crippen molar-refractivity contribution in [1.82, 2.24) is 10.2 Å². The van der Waals surface area contributed by atoms with Crippen LogP contribution in [0.5, 0.6) is 0 Å². The predicted octanol–water partition coefficient (Wildman–Crippen LogP) is 1.15. The Bertz CT molecular complexity index is 500. The molecule has 5 nitrogen and oxygen atoms in total. The number of hydrogen-bond acceptors (Lipinski definition) is 3. The van der Waals surface area contributed by atoms with Crippen LogP contribution < -0.4 is 5.32 Å². The topological polar surface area (TPSA) is 73.2 Å². The molecule has 5 heteroatoms. The molecule has 1 aromatic carbocycles. The molecular weight excluding hydrogens is 242 g/mol. The quantitative estimate of drug-likeness (QED) is 0.881. The number of likely N-dealkylation sites (N-methyl/N-ethyl adjacent to an activating group) is 1. The zero-order valence-electron chi connectivity index (χ0n) is 11.3. The second-order valence-corrected chi connectivity index (χ2v) is 4.57. The highest BCUT2D eigenvalue weighted by Gasteiger charge is 2.15. The lowest BCUT2D eigenvalue weighted by molar-refractivity contribution is -0.122. The van der Waals surface area contributed by atoms with Gasteiger partial charge in [-0.15, -0.1) is 0 Å². The molecule has 0 aliphatic rings. The first kappa shape index (κ1) is 14.7. The number of nitriles is 1. The minimum absolute atomic E-state index is 0.0109. The van der Waals surface area contributed by atoms with Crippen LogP contribution in [0.3, 0.4) is 0 Å². The van der Waals surface area contributed by atoms with Gasteiger partial charge in [-0.2, -0.15) is 5.26 Å². The van der Waals surface area contributed by atoms with Crippen molar-refractivity contribution in [1.29, 1.82) is 5.26 Å². The van der Waals surface area contributed by atoms with Crippen LogP contribution in [-0.2, 0) is 4.79 Å². The second-order valence-electron chi connectivity index (χ2n) is 4.57. The number of benzene rings is 1. The normalized spacial score (nSPS) is 9.84. The van der Waals surface area contributed by atoms with Crippen molar-refractivity contribution in [3.05, 3.63) is 35.4 Å². The van der Waals surface area contributed by atoms with E-state index in [4.69, 9.17) is 5.26 Å². The fourth-order valence-corrected chi connectivity index (χ4v) is 1.56. The Labute approximate surface area is 112 Å². The highest BCUT2D eigenvalue weighted by Crippen LogP contribution is 2.06. The smallest absolute Gasteiger partial charge is 0.254 e. The van der Waals surface area contributed by atoms with Crippen LogP contribution in [0.25, 0.3) is 0 Å². The SMILES string of the molecule is CC(C)NC(=O)CN(C)C(=O)c1ccc(C#N)cc1. The highest BCUT2D eigenvalue weighted by atomic mass is 16.2. The summed E-state index contributed by atoms with van der Waals surface area (Å²) in [5.41, 5.74) is 0.954. The Balaban J connectivity index is 2.66. The average molecular weight is 259 g/mol. The third-order valence-electron chi connectivity index (χ3n) is 2.44. The first-order valence-electron chi connectivity index (χ1n) is 5.99. The van der Waals surface area contributed by atoms with Gasteiger partial charge in [-0.3, -0.25) is 9.59 Å². The van der Waals surface area contributed by atoms with Crippen molar-refractivity contribution in [3.63, 3.8) is 0 Å². The molecule has 0 bridgehead atoms. The Hall–Kier alpha value is -2.35. The first-order valence-corrected chi connectivity index (χ1v) is 5.99. The van der Waals surface area contributed by atoms with E-state index in [1.54, 1.807) is 31.3 Å². The third kappa shape index (κ3) is 4.43. The van der Waals surface area contributed by atoms with Gasteiger partial charge in [0.05, 0.1) is 18.2 Å². The van der Waals surface area contributed by atoms with Crippen LogP contribution in [0.15, 0.2) is 24.3 Å². The van der Waals surface area contributed by atoms with Crippen molar-refractivity contribution in [2.45, 2.75) is 19.9 Å². The molecule has 0 aliphatic heterocycles. The molecule has 0 radical (unpaired) electrons. The number of nitrogens with zero attached hydrogens (tertiary/aromatic N) is 2. The van der Waals surface area contributed by atoms with E-state index < -0.39 is 0 Å². The molecule has 0 fully saturated rings. The molecule has 0 atom stereocenters. The fraction of sp³-hybridized carbons (Fsp3) is 0.357. The zero-order valence-corrected chi connectivity index (χ0v) is 11.3. The minimum atomic E-state index is -0.247. The molecule has 0 aliphatic carbocycles. The Morgan fingerprint density at radius 1 is 1.32 bits per heavy atom. The monoisotopic (exact) mass is 259 g/mol. The molecule has 1 aromatic rings. The van der Waals surface area contributed by atoms with Gasteiger partial charge in [0.15, 0.2) is 0 Å². The van der Waals surface area contributed by atoms with E-state index >= 15 is 0 Å². The van der Waals surface area contributed by atoms with Gasteiger partial charge in [-0.25, -0.2) is 0 Å². The maximum Gasteiger partial charge on any atom is 0.254 e. The molecule has 0 spiro atoms. The summed E-state index contributed by atoms with van der Waals surface area (Å²) in [6.45, 7) is 3.73. The summed E-state index contributed by atoms with van der Waals surface area (Å²) in [4.78, 5) is 24.9. The molecule has 0 saturated carbocycles. The van der Waals surface area contributed by atoms with Gasteiger partial charge in [0, 0.05) is 18.7 Å². The lowest BCUT2D eigenvalue weighted by Crippen LogP contribution is -2.40. The summed E-state index contributed by atoms with van der Waals surface area (Å²) in [6, 6.07) is 8.35.